The second-order valence-corrected chi connectivity index (χ2v) is 5.56. The van der Waals surface area contributed by atoms with E-state index in [1.165, 1.54) is 24.3 Å². The second-order valence-electron chi connectivity index (χ2n) is 5.56. The van der Waals surface area contributed by atoms with Gasteiger partial charge in [0.1, 0.15) is 5.75 Å². The lowest BCUT2D eigenvalue weighted by atomic mass is 10.1. The summed E-state index contributed by atoms with van der Waals surface area (Å²) in [7, 11) is 0. The van der Waals surface area contributed by atoms with Crippen molar-refractivity contribution in [1.29, 1.82) is 0 Å². The summed E-state index contributed by atoms with van der Waals surface area (Å²) < 4.78 is 5.21. The minimum atomic E-state index is -0.669. The average molecular weight is 337 g/mol. The molecular formula is C19H15NO5. The minimum Gasteiger partial charge on any atom is -0.423 e. The predicted molar refractivity (Wildman–Crippen MR) is 87.9 cm³/mol. The van der Waals surface area contributed by atoms with Crippen LogP contribution < -0.4 is 4.74 Å². The average Bonchev–Trinajstić information content (AvgIpc) is 2.62. The van der Waals surface area contributed by atoms with Gasteiger partial charge in [-0.25, -0.2) is 9.69 Å². The van der Waals surface area contributed by atoms with E-state index in [1.54, 1.807) is 30.3 Å². The van der Waals surface area contributed by atoms with Crippen molar-refractivity contribution in [3.05, 3.63) is 65.7 Å². The zero-order valence-electron chi connectivity index (χ0n) is 13.3. The Morgan fingerprint density at radius 2 is 1.36 bits per heavy atom. The first-order valence-corrected chi connectivity index (χ1v) is 7.83. The molecule has 126 valence electrons. The van der Waals surface area contributed by atoms with Crippen molar-refractivity contribution in [2.75, 3.05) is 0 Å². The van der Waals surface area contributed by atoms with Crippen molar-refractivity contribution < 1.29 is 23.9 Å². The van der Waals surface area contributed by atoms with Gasteiger partial charge in [-0.15, -0.1) is 0 Å². The molecule has 2 aromatic rings. The van der Waals surface area contributed by atoms with E-state index < -0.39 is 23.7 Å². The molecule has 6 nitrogen and oxygen atoms in total. The fraction of sp³-hybridized carbons (Fsp3) is 0.158. The van der Waals surface area contributed by atoms with E-state index in [2.05, 4.69) is 0 Å². The number of hydrogen-bond acceptors (Lipinski definition) is 5. The van der Waals surface area contributed by atoms with E-state index in [4.69, 9.17) is 4.74 Å². The van der Waals surface area contributed by atoms with E-state index >= 15 is 0 Å². The molecule has 2 aromatic carbocycles. The molecule has 0 N–H and O–H groups in total. The number of benzene rings is 2. The third kappa shape index (κ3) is 3.63. The van der Waals surface area contributed by atoms with Crippen LogP contribution in [0.15, 0.2) is 54.6 Å². The largest absolute Gasteiger partial charge is 0.423 e. The molecule has 0 spiro atoms. The highest BCUT2D eigenvalue weighted by molar-refractivity contribution is 6.17. The van der Waals surface area contributed by atoms with E-state index in [0.29, 0.717) is 17.1 Å². The highest BCUT2D eigenvalue weighted by Gasteiger charge is 2.32. The Bertz CT molecular complexity index is 811. The van der Waals surface area contributed by atoms with Gasteiger partial charge in [-0.1, -0.05) is 18.2 Å². The van der Waals surface area contributed by atoms with Gasteiger partial charge < -0.3 is 4.74 Å². The van der Waals surface area contributed by atoms with Gasteiger partial charge in [0, 0.05) is 18.4 Å². The summed E-state index contributed by atoms with van der Waals surface area (Å²) in [5.41, 5.74) is 0.427. The first kappa shape index (κ1) is 16.6. The Morgan fingerprint density at radius 3 is 1.96 bits per heavy atom. The molecule has 0 atom stereocenters. The van der Waals surface area contributed by atoms with Gasteiger partial charge in [-0.05, 0) is 42.8 Å². The van der Waals surface area contributed by atoms with E-state index in [-0.39, 0.29) is 24.0 Å². The number of likely N-dealkylation sites (tertiary alicyclic amines) is 1. The van der Waals surface area contributed by atoms with E-state index in [0.717, 1.165) is 0 Å². The summed E-state index contributed by atoms with van der Waals surface area (Å²) in [6.07, 6.45) is 0.823. The molecule has 3 amide bonds. The highest BCUT2D eigenvalue weighted by Crippen LogP contribution is 2.17. The Morgan fingerprint density at radius 1 is 0.800 bits per heavy atom. The van der Waals surface area contributed by atoms with Gasteiger partial charge in [0.05, 0.1) is 5.56 Å². The molecule has 1 fully saturated rings. The van der Waals surface area contributed by atoms with Crippen LogP contribution in [0.5, 0.6) is 5.75 Å². The van der Waals surface area contributed by atoms with Gasteiger partial charge in [0.15, 0.2) is 0 Å². The number of ether oxygens (including phenoxy) is 1. The van der Waals surface area contributed by atoms with Crippen molar-refractivity contribution >= 4 is 23.7 Å². The lowest BCUT2D eigenvalue weighted by Gasteiger charge is -2.22. The summed E-state index contributed by atoms with van der Waals surface area (Å²) in [5.74, 6) is -1.80. The predicted octanol–water partition coefficient (Wildman–Crippen LogP) is 2.59. The van der Waals surface area contributed by atoms with Crippen LogP contribution in [-0.4, -0.2) is 28.6 Å². The Kier molecular flexibility index (Phi) is 4.70. The monoisotopic (exact) mass is 337 g/mol. The topological polar surface area (TPSA) is 80.8 Å². The molecule has 1 saturated heterocycles. The van der Waals surface area contributed by atoms with Gasteiger partial charge in [-0.2, -0.15) is 0 Å². The van der Waals surface area contributed by atoms with Crippen LogP contribution in [0.1, 0.15) is 40.0 Å². The lowest BCUT2D eigenvalue weighted by molar-refractivity contribution is -0.144. The van der Waals surface area contributed by atoms with Crippen LogP contribution in [0.25, 0.3) is 0 Å². The summed E-state index contributed by atoms with van der Waals surface area (Å²) in [4.78, 5) is 48.7. The fourth-order valence-electron chi connectivity index (χ4n) is 2.51. The Hall–Kier alpha value is -3.28. The third-order valence-electron chi connectivity index (χ3n) is 3.80. The number of esters is 1. The van der Waals surface area contributed by atoms with Crippen molar-refractivity contribution in [2.45, 2.75) is 19.3 Å². The smallest absolute Gasteiger partial charge is 0.343 e. The number of imide groups is 3. The highest BCUT2D eigenvalue weighted by atomic mass is 16.5. The lowest BCUT2D eigenvalue weighted by Crippen LogP contribution is -2.44. The molecular weight excluding hydrogens is 322 g/mol. The number of carbonyl (C=O) groups excluding carboxylic acids is 4. The van der Waals surface area contributed by atoms with Crippen molar-refractivity contribution in [3.63, 3.8) is 0 Å². The minimum absolute atomic E-state index is 0.167. The molecule has 1 aliphatic rings. The quantitative estimate of drug-likeness (QED) is 0.488. The van der Waals surface area contributed by atoms with Gasteiger partial charge >= 0.3 is 5.97 Å². The zero-order valence-corrected chi connectivity index (χ0v) is 13.3. The molecule has 0 aromatic heterocycles. The zero-order chi connectivity index (χ0) is 17.8. The third-order valence-corrected chi connectivity index (χ3v) is 3.80. The number of carbonyl (C=O) groups is 4. The summed E-state index contributed by atoms with van der Waals surface area (Å²) in [6.45, 7) is 0. The molecule has 0 bridgehead atoms. The number of piperidine rings is 1. The molecule has 1 heterocycles. The number of hydrogen-bond donors (Lipinski definition) is 0. The van der Waals surface area contributed by atoms with Crippen LogP contribution >= 0.6 is 0 Å². The molecule has 6 heteroatoms. The molecule has 0 radical (unpaired) electrons. The summed E-state index contributed by atoms with van der Waals surface area (Å²) in [5, 5.41) is 0. The van der Waals surface area contributed by atoms with Crippen LogP contribution in [-0.2, 0) is 9.59 Å². The van der Waals surface area contributed by atoms with Crippen molar-refractivity contribution in [1.82, 2.24) is 4.90 Å². The van der Waals surface area contributed by atoms with Gasteiger partial charge in [0.2, 0.25) is 11.8 Å². The number of amides is 3. The maximum atomic E-state index is 12.4. The first-order chi connectivity index (χ1) is 12.1. The van der Waals surface area contributed by atoms with Crippen LogP contribution in [0.3, 0.4) is 0 Å². The number of rotatable bonds is 3. The fourth-order valence-corrected chi connectivity index (χ4v) is 2.51. The van der Waals surface area contributed by atoms with Crippen LogP contribution in [0, 0.1) is 0 Å². The standard InChI is InChI=1S/C19H15NO5/c21-16-7-4-8-17(22)20(16)18(23)13-9-11-14(12-10-13)19(24)25-15-5-2-1-3-6-15/h1-3,5-6,9-12H,4,7-8H2. The summed E-state index contributed by atoms with van der Waals surface area (Å²) in [6, 6.07) is 14.3. The van der Waals surface area contributed by atoms with Crippen molar-refractivity contribution in [3.8, 4) is 5.75 Å². The van der Waals surface area contributed by atoms with Gasteiger partial charge in [-0.3, -0.25) is 14.4 Å². The van der Waals surface area contributed by atoms with E-state index in [1.807, 2.05) is 0 Å². The van der Waals surface area contributed by atoms with Crippen LogP contribution in [0.2, 0.25) is 0 Å². The van der Waals surface area contributed by atoms with E-state index in [9.17, 15) is 19.2 Å². The van der Waals surface area contributed by atoms with Crippen molar-refractivity contribution in [2.24, 2.45) is 0 Å². The summed E-state index contributed by atoms with van der Waals surface area (Å²) >= 11 is 0. The maximum Gasteiger partial charge on any atom is 0.343 e. The molecule has 0 saturated carbocycles. The molecule has 0 aliphatic carbocycles. The number of nitrogens with zero attached hydrogens (tertiary/aromatic N) is 1. The molecule has 3 rings (SSSR count). The Labute approximate surface area is 144 Å². The van der Waals surface area contributed by atoms with Crippen LogP contribution in [0.4, 0.5) is 0 Å². The number of para-hydroxylation sites is 1. The molecule has 25 heavy (non-hydrogen) atoms. The SMILES string of the molecule is O=C(Oc1ccccc1)c1ccc(C(=O)N2C(=O)CCCC2=O)cc1. The maximum absolute atomic E-state index is 12.4. The normalized spacial score (nSPS) is 14.3. The Balaban J connectivity index is 1.73. The van der Waals surface area contributed by atoms with Gasteiger partial charge in [0.25, 0.3) is 5.91 Å². The first-order valence-electron chi connectivity index (χ1n) is 7.83. The second kappa shape index (κ2) is 7.09. The molecule has 1 aliphatic heterocycles. The molecule has 0 unspecified atom stereocenters.